The van der Waals surface area contributed by atoms with Gasteiger partial charge >= 0.3 is 6.18 Å². The number of hydrogen-bond acceptors (Lipinski definition) is 4. The molecule has 3 heterocycles. The van der Waals surface area contributed by atoms with E-state index in [1.165, 1.54) is 11.0 Å². The highest BCUT2D eigenvalue weighted by Gasteiger charge is 2.45. The van der Waals surface area contributed by atoms with Crippen LogP contribution in [0.15, 0.2) is 16.9 Å². The lowest BCUT2D eigenvalue weighted by Crippen LogP contribution is -2.49. The third-order valence-corrected chi connectivity index (χ3v) is 4.70. The summed E-state index contributed by atoms with van der Waals surface area (Å²) in [7, 11) is 0. The molecule has 5 nitrogen and oxygen atoms in total. The van der Waals surface area contributed by atoms with Crippen LogP contribution in [0, 0.1) is 0 Å². The Kier molecular flexibility index (Phi) is 4.76. The first-order valence-corrected chi connectivity index (χ1v) is 8.28. The van der Waals surface area contributed by atoms with Crippen LogP contribution in [0.3, 0.4) is 0 Å². The molecule has 1 aromatic rings. The number of alkyl halides is 3. The van der Waals surface area contributed by atoms with E-state index >= 15 is 0 Å². The van der Waals surface area contributed by atoms with Gasteiger partial charge in [-0.3, -0.25) is 4.79 Å². The number of piperidine rings is 1. The summed E-state index contributed by atoms with van der Waals surface area (Å²) in [5, 5.41) is 0. The fraction of sp³-hybridized carbons (Fsp3) is 0.688. The fourth-order valence-corrected chi connectivity index (χ4v) is 3.51. The van der Waals surface area contributed by atoms with Gasteiger partial charge in [0.25, 0.3) is 5.56 Å². The van der Waals surface area contributed by atoms with Crippen LogP contribution < -0.4 is 15.4 Å². The maximum Gasteiger partial charge on any atom is 0.408 e. The SMILES string of the molecule is C[C@H]1COCCN1c1cc(N2CCCC[C@@H]2C(F)(F)F)[nH]c(=O)c1. The van der Waals surface area contributed by atoms with E-state index < -0.39 is 12.2 Å². The van der Waals surface area contributed by atoms with Crippen molar-refractivity contribution in [2.75, 3.05) is 36.1 Å². The third-order valence-electron chi connectivity index (χ3n) is 4.70. The monoisotopic (exact) mass is 345 g/mol. The van der Waals surface area contributed by atoms with Crippen LogP contribution in [0.4, 0.5) is 24.7 Å². The maximum atomic E-state index is 13.3. The van der Waals surface area contributed by atoms with Crippen LogP contribution in [-0.4, -0.2) is 49.5 Å². The van der Waals surface area contributed by atoms with Crippen molar-refractivity contribution in [3.8, 4) is 0 Å². The number of rotatable bonds is 2. The highest BCUT2D eigenvalue weighted by molar-refractivity contribution is 5.56. The van der Waals surface area contributed by atoms with Gasteiger partial charge in [0.2, 0.25) is 0 Å². The van der Waals surface area contributed by atoms with Gasteiger partial charge in [-0.1, -0.05) is 0 Å². The van der Waals surface area contributed by atoms with E-state index in [1.807, 2.05) is 11.8 Å². The molecule has 0 radical (unpaired) electrons. The van der Waals surface area contributed by atoms with Gasteiger partial charge in [-0.25, -0.2) is 0 Å². The number of nitrogens with one attached hydrogen (secondary N) is 1. The van der Waals surface area contributed by atoms with Gasteiger partial charge in [-0.15, -0.1) is 0 Å². The number of aromatic amines is 1. The van der Waals surface area contributed by atoms with Gasteiger partial charge in [0.1, 0.15) is 11.9 Å². The van der Waals surface area contributed by atoms with Crippen molar-refractivity contribution in [3.05, 3.63) is 22.5 Å². The number of aromatic nitrogens is 1. The molecule has 3 rings (SSSR count). The zero-order valence-corrected chi connectivity index (χ0v) is 13.6. The number of pyridine rings is 1. The molecular formula is C16H22F3N3O2. The van der Waals surface area contributed by atoms with Crippen LogP contribution in [0.25, 0.3) is 0 Å². The Morgan fingerprint density at radius 1 is 1.21 bits per heavy atom. The zero-order valence-electron chi connectivity index (χ0n) is 13.6. The van der Waals surface area contributed by atoms with Crippen LogP contribution in [0.2, 0.25) is 0 Å². The van der Waals surface area contributed by atoms with E-state index in [-0.39, 0.29) is 23.8 Å². The summed E-state index contributed by atoms with van der Waals surface area (Å²) >= 11 is 0. The zero-order chi connectivity index (χ0) is 17.3. The summed E-state index contributed by atoms with van der Waals surface area (Å²) in [5.41, 5.74) is 0.267. The van der Waals surface area contributed by atoms with Gasteiger partial charge < -0.3 is 19.5 Å². The molecule has 2 atom stereocenters. The second-order valence-electron chi connectivity index (χ2n) is 6.45. The lowest BCUT2D eigenvalue weighted by molar-refractivity contribution is -0.152. The first-order valence-electron chi connectivity index (χ1n) is 8.28. The van der Waals surface area contributed by atoms with Crippen molar-refractivity contribution in [1.82, 2.24) is 4.98 Å². The Balaban J connectivity index is 1.94. The Labute approximate surface area is 138 Å². The number of H-pyrrole nitrogens is 1. The Bertz CT molecular complexity index is 632. The summed E-state index contributed by atoms with van der Waals surface area (Å²) in [6.07, 6.45) is -3.01. The molecule has 0 bridgehead atoms. The number of halogens is 3. The maximum absolute atomic E-state index is 13.3. The lowest BCUT2D eigenvalue weighted by Gasteiger charge is -2.39. The second-order valence-corrected chi connectivity index (χ2v) is 6.45. The number of ether oxygens (including phenoxy) is 1. The smallest absolute Gasteiger partial charge is 0.377 e. The Morgan fingerprint density at radius 3 is 2.71 bits per heavy atom. The predicted octanol–water partition coefficient (Wildman–Crippen LogP) is 2.52. The lowest BCUT2D eigenvalue weighted by atomic mass is 10.0. The summed E-state index contributed by atoms with van der Waals surface area (Å²) < 4.78 is 45.4. The molecule has 1 aromatic heterocycles. The van der Waals surface area contributed by atoms with Crippen molar-refractivity contribution < 1.29 is 17.9 Å². The molecule has 0 aromatic carbocycles. The summed E-state index contributed by atoms with van der Waals surface area (Å²) in [6, 6.07) is 1.64. The van der Waals surface area contributed by atoms with Crippen LogP contribution in [-0.2, 0) is 4.74 Å². The first-order chi connectivity index (χ1) is 11.4. The van der Waals surface area contributed by atoms with E-state index in [9.17, 15) is 18.0 Å². The minimum atomic E-state index is -4.31. The first kappa shape index (κ1) is 17.1. The Morgan fingerprint density at radius 2 is 2.00 bits per heavy atom. The molecule has 8 heteroatoms. The predicted molar refractivity (Wildman–Crippen MR) is 85.7 cm³/mol. The van der Waals surface area contributed by atoms with Gasteiger partial charge in [-0.2, -0.15) is 13.2 Å². The Hall–Kier alpha value is -1.70. The minimum absolute atomic E-state index is 0.0592. The van der Waals surface area contributed by atoms with E-state index in [0.717, 1.165) is 0 Å². The number of anilines is 2. The van der Waals surface area contributed by atoms with Gasteiger partial charge in [0, 0.05) is 37.0 Å². The molecule has 0 saturated carbocycles. The largest absolute Gasteiger partial charge is 0.408 e. The van der Waals surface area contributed by atoms with Gasteiger partial charge in [0.05, 0.1) is 13.2 Å². The molecule has 2 aliphatic heterocycles. The highest BCUT2D eigenvalue weighted by Crippen LogP contribution is 2.35. The normalized spacial score (nSPS) is 25.8. The fourth-order valence-electron chi connectivity index (χ4n) is 3.51. The van der Waals surface area contributed by atoms with Crippen molar-refractivity contribution in [2.24, 2.45) is 0 Å². The van der Waals surface area contributed by atoms with Crippen LogP contribution >= 0.6 is 0 Å². The highest BCUT2D eigenvalue weighted by atomic mass is 19.4. The third kappa shape index (κ3) is 3.53. The van der Waals surface area contributed by atoms with Gasteiger partial charge in [-0.05, 0) is 26.2 Å². The molecule has 134 valence electrons. The minimum Gasteiger partial charge on any atom is -0.377 e. The molecule has 2 fully saturated rings. The number of morpholine rings is 1. The molecule has 0 unspecified atom stereocenters. The van der Waals surface area contributed by atoms with Crippen molar-refractivity contribution in [2.45, 2.75) is 44.4 Å². The average Bonchev–Trinajstić information content (AvgIpc) is 2.54. The molecule has 1 N–H and O–H groups in total. The topological polar surface area (TPSA) is 48.6 Å². The van der Waals surface area contributed by atoms with Crippen molar-refractivity contribution in [3.63, 3.8) is 0 Å². The second kappa shape index (κ2) is 6.66. The molecule has 24 heavy (non-hydrogen) atoms. The van der Waals surface area contributed by atoms with Crippen LogP contribution in [0.5, 0.6) is 0 Å². The van der Waals surface area contributed by atoms with Crippen LogP contribution in [0.1, 0.15) is 26.2 Å². The van der Waals surface area contributed by atoms with E-state index in [4.69, 9.17) is 4.74 Å². The molecular weight excluding hydrogens is 323 g/mol. The summed E-state index contributed by atoms with van der Waals surface area (Å²) in [4.78, 5) is 17.9. The van der Waals surface area contributed by atoms with E-state index in [2.05, 4.69) is 4.98 Å². The molecule has 0 aliphatic carbocycles. The van der Waals surface area contributed by atoms with Crippen molar-refractivity contribution in [1.29, 1.82) is 0 Å². The van der Waals surface area contributed by atoms with Crippen molar-refractivity contribution >= 4 is 11.5 Å². The molecule has 2 aliphatic rings. The number of hydrogen-bond donors (Lipinski definition) is 1. The number of nitrogens with zero attached hydrogens (tertiary/aromatic N) is 2. The summed E-state index contributed by atoms with van der Waals surface area (Å²) in [6.45, 7) is 3.97. The standard InChI is InChI=1S/C16H22F3N3O2/c1-11-10-24-7-6-21(11)12-8-14(20-15(23)9-12)22-5-3-2-4-13(22)16(17,18)19/h8-9,11,13H,2-7,10H2,1H3,(H,20,23)/t11-,13+/m0/s1. The molecule has 0 spiro atoms. The van der Waals surface area contributed by atoms with Gasteiger partial charge in [0.15, 0.2) is 0 Å². The molecule has 0 amide bonds. The average molecular weight is 345 g/mol. The van der Waals surface area contributed by atoms with E-state index in [1.54, 1.807) is 6.07 Å². The van der Waals surface area contributed by atoms with E-state index in [0.29, 0.717) is 44.8 Å². The molecule has 2 saturated heterocycles. The summed E-state index contributed by atoms with van der Waals surface area (Å²) in [5.74, 6) is 0.248. The quantitative estimate of drug-likeness (QED) is 0.895.